The van der Waals surface area contributed by atoms with Crippen molar-refractivity contribution in [1.82, 2.24) is 19.2 Å². The number of rotatable bonds is 6. The van der Waals surface area contributed by atoms with Crippen molar-refractivity contribution in [2.24, 2.45) is 5.41 Å². The maximum absolute atomic E-state index is 12.1. The van der Waals surface area contributed by atoms with Crippen LogP contribution in [-0.2, 0) is 11.3 Å². The zero-order chi connectivity index (χ0) is 24.0. The van der Waals surface area contributed by atoms with Crippen molar-refractivity contribution < 1.29 is 9.53 Å². The van der Waals surface area contributed by atoms with E-state index >= 15 is 0 Å². The van der Waals surface area contributed by atoms with Gasteiger partial charge in [-0.25, -0.2) is 14.3 Å². The van der Waals surface area contributed by atoms with Crippen LogP contribution in [0.15, 0.2) is 66.6 Å². The molecule has 6 rings (SSSR count). The van der Waals surface area contributed by atoms with E-state index in [2.05, 4.69) is 40.0 Å². The third-order valence-corrected chi connectivity index (χ3v) is 7.62. The van der Waals surface area contributed by atoms with Crippen molar-refractivity contribution in [1.29, 1.82) is 0 Å². The summed E-state index contributed by atoms with van der Waals surface area (Å²) in [7, 11) is 1.71. The number of ether oxygens (including phenoxy) is 1. The first-order valence-electron chi connectivity index (χ1n) is 11.7. The van der Waals surface area contributed by atoms with Crippen LogP contribution in [0.25, 0.3) is 22.5 Å². The lowest BCUT2D eigenvalue weighted by Gasteiger charge is -2.59. The van der Waals surface area contributed by atoms with Gasteiger partial charge in [0.1, 0.15) is 5.69 Å². The molecule has 0 unspecified atom stereocenters. The van der Waals surface area contributed by atoms with Gasteiger partial charge in [0.25, 0.3) is 11.8 Å². The van der Waals surface area contributed by atoms with Crippen LogP contribution in [0.1, 0.15) is 5.56 Å². The largest absolute Gasteiger partial charge is 0.465 e. The van der Waals surface area contributed by atoms with E-state index in [1.54, 1.807) is 19.0 Å². The molecular formula is C27H27N5O2S. The smallest absolute Gasteiger partial charge is 0.266 e. The SMILES string of the molecule is C=CSN1CC2(CN(Cc3ccc(-c4nc5c(nc4-c4ccccc4)N(C)C(=O)CO5)cc3)C2)C1. The molecule has 1 aromatic heterocycles. The molecule has 35 heavy (non-hydrogen) atoms. The minimum Gasteiger partial charge on any atom is -0.465 e. The van der Waals surface area contributed by atoms with E-state index in [0.717, 1.165) is 55.2 Å². The van der Waals surface area contributed by atoms with Crippen LogP contribution in [0.5, 0.6) is 5.88 Å². The van der Waals surface area contributed by atoms with E-state index in [4.69, 9.17) is 14.7 Å². The van der Waals surface area contributed by atoms with E-state index < -0.39 is 0 Å². The van der Waals surface area contributed by atoms with Gasteiger partial charge in [-0.3, -0.25) is 14.6 Å². The highest BCUT2D eigenvalue weighted by Gasteiger charge is 2.51. The molecule has 8 heteroatoms. The average molecular weight is 486 g/mol. The molecule has 3 aliphatic heterocycles. The standard InChI is InChI=1S/C27H27N5O2S/c1-3-35-32-17-27(18-32)15-31(16-27)13-19-9-11-21(12-10-19)24-23(20-7-5-4-6-8-20)28-25-26(29-24)34-14-22(33)30(25)2/h3-12H,1,13-18H2,2H3. The molecule has 7 nitrogen and oxygen atoms in total. The quantitative estimate of drug-likeness (QED) is 0.488. The molecule has 178 valence electrons. The first kappa shape index (κ1) is 22.3. The van der Waals surface area contributed by atoms with Crippen molar-refractivity contribution >= 4 is 23.7 Å². The third kappa shape index (κ3) is 4.11. The number of carbonyl (C=O) groups is 1. The highest BCUT2D eigenvalue weighted by atomic mass is 32.2. The molecule has 4 heterocycles. The summed E-state index contributed by atoms with van der Waals surface area (Å²) in [5.41, 5.74) is 5.17. The summed E-state index contributed by atoms with van der Waals surface area (Å²) in [4.78, 5) is 25.8. The number of nitrogens with zero attached hydrogens (tertiary/aromatic N) is 5. The predicted octanol–water partition coefficient (Wildman–Crippen LogP) is 4.08. The zero-order valence-electron chi connectivity index (χ0n) is 19.7. The van der Waals surface area contributed by atoms with Crippen molar-refractivity contribution in [3.8, 4) is 28.4 Å². The molecule has 2 fully saturated rings. The van der Waals surface area contributed by atoms with Gasteiger partial charge in [-0.1, -0.05) is 73.1 Å². The average Bonchev–Trinajstić information content (AvgIpc) is 2.84. The van der Waals surface area contributed by atoms with Gasteiger partial charge in [-0.2, -0.15) is 0 Å². The van der Waals surface area contributed by atoms with Gasteiger partial charge in [0, 0.05) is 56.3 Å². The number of benzene rings is 2. The maximum atomic E-state index is 12.1. The van der Waals surface area contributed by atoms with E-state index in [0.29, 0.717) is 17.1 Å². The third-order valence-electron chi connectivity index (χ3n) is 6.92. The Kier molecular flexibility index (Phi) is 5.59. The number of hydrogen-bond acceptors (Lipinski definition) is 7. The molecule has 0 bridgehead atoms. The molecule has 3 aromatic rings. The first-order chi connectivity index (χ1) is 17.0. The summed E-state index contributed by atoms with van der Waals surface area (Å²) >= 11 is 1.72. The molecule has 3 aliphatic rings. The molecule has 0 aliphatic carbocycles. The van der Waals surface area contributed by atoms with Gasteiger partial charge >= 0.3 is 0 Å². The van der Waals surface area contributed by atoms with Crippen LogP contribution in [0.4, 0.5) is 5.82 Å². The van der Waals surface area contributed by atoms with Crippen molar-refractivity contribution in [3.05, 3.63) is 72.1 Å². The van der Waals surface area contributed by atoms with Gasteiger partial charge in [0.05, 0.1) is 5.69 Å². The predicted molar refractivity (Wildman–Crippen MR) is 139 cm³/mol. The van der Waals surface area contributed by atoms with E-state index in [9.17, 15) is 4.79 Å². The van der Waals surface area contributed by atoms with Crippen LogP contribution >= 0.6 is 11.9 Å². The first-order valence-corrected chi connectivity index (χ1v) is 12.6. The fourth-order valence-electron chi connectivity index (χ4n) is 5.19. The molecule has 2 aromatic carbocycles. The number of fused-ring (bicyclic) bond motifs is 1. The Balaban J connectivity index is 1.23. The number of likely N-dealkylation sites (N-methyl/N-ethyl adjacent to an activating group) is 1. The Morgan fingerprint density at radius 2 is 1.69 bits per heavy atom. The lowest BCUT2D eigenvalue weighted by atomic mass is 9.74. The molecule has 0 radical (unpaired) electrons. The minimum absolute atomic E-state index is 0.0252. The molecule has 1 spiro atoms. The van der Waals surface area contributed by atoms with Gasteiger partial charge in [-0.15, -0.1) is 0 Å². The Bertz CT molecular complexity index is 1270. The van der Waals surface area contributed by atoms with E-state index in [-0.39, 0.29) is 12.5 Å². The summed E-state index contributed by atoms with van der Waals surface area (Å²) in [5, 5.41) is 1.91. The van der Waals surface area contributed by atoms with Gasteiger partial charge in [-0.05, 0) is 11.0 Å². The van der Waals surface area contributed by atoms with Crippen molar-refractivity contribution in [2.45, 2.75) is 6.54 Å². The Hall–Kier alpha value is -3.20. The van der Waals surface area contributed by atoms with Crippen LogP contribution in [0, 0.1) is 5.41 Å². The highest BCUT2D eigenvalue weighted by Crippen LogP contribution is 2.43. The van der Waals surface area contributed by atoms with Gasteiger partial charge in [0.15, 0.2) is 12.4 Å². The monoisotopic (exact) mass is 485 g/mol. The topological polar surface area (TPSA) is 61.8 Å². The molecule has 0 N–H and O–H groups in total. The van der Waals surface area contributed by atoms with Crippen LogP contribution in [0.3, 0.4) is 0 Å². The maximum Gasteiger partial charge on any atom is 0.266 e. The number of aromatic nitrogens is 2. The summed E-state index contributed by atoms with van der Waals surface area (Å²) < 4.78 is 8.01. The number of hydrogen-bond donors (Lipinski definition) is 0. The normalized spacial score (nSPS) is 19.0. The Labute approximate surface area is 209 Å². The lowest BCUT2D eigenvalue weighted by Crippen LogP contribution is -2.69. The second kappa shape index (κ2) is 8.78. The molecule has 2 saturated heterocycles. The zero-order valence-corrected chi connectivity index (χ0v) is 20.5. The van der Waals surface area contributed by atoms with E-state index in [1.165, 1.54) is 10.5 Å². The molecule has 0 atom stereocenters. The minimum atomic E-state index is -0.134. The van der Waals surface area contributed by atoms with Crippen molar-refractivity contribution in [3.63, 3.8) is 0 Å². The van der Waals surface area contributed by atoms with Crippen molar-refractivity contribution in [2.75, 3.05) is 44.7 Å². The van der Waals surface area contributed by atoms with Gasteiger partial charge < -0.3 is 4.74 Å². The van der Waals surface area contributed by atoms with E-state index in [1.807, 2.05) is 35.7 Å². The number of amides is 1. The number of carbonyl (C=O) groups excluding carboxylic acids is 1. The molecular weight excluding hydrogens is 458 g/mol. The summed E-state index contributed by atoms with van der Waals surface area (Å²) in [5.74, 6) is 0.707. The summed E-state index contributed by atoms with van der Waals surface area (Å²) in [6.45, 7) is 9.35. The van der Waals surface area contributed by atoms with Crippen LogP contribution < -0.4 is 9.64 Å². The highest BCUT2D eigenvalue weighted by molar-refractivity contribution is 7.99. The van der Waals surface area contributed by atoms with Gasteiger partial charge in [0.2, 0.25) is 0 Å². The lowest BCUT2D eigenvalue weighted by molar-refractivity contribution is -0.121. The summed E-state index contributed by atoms with van der Waals surface area (Å²) in [6.07, 6.45) is 0. The Morgan fingerprint density at radius 3 is 2.40 bits per heavy atom. The number of likely N-dealkylation sites (tertiary alicyclic amines) is 1. The second-order valence-electron chi connectivity index (χ2n) is 9.57. The van der Waals surface area contributed by atoms with Crippen LogP contribution in [0.2, 0.25) is 0 Å². The van der Waals surface area contributed by atoms with Crippen LogP contribution in [-0.4, -0.2) is 64.9 Å². The second-order valence-corrected chi connectivity index (χ2v) is 10.6. The molecule has 0 saturated carbocycles. The fourth-order valence-corrected chi connectivity index (χ4v) is 6.10. The molecule has 1 amide bonds. The number of anilines is 1. The fraction of sp³-hybridized carbons (Fsp3) is 0.296. The summed E-state index contributed by atoms with van der Waals surface area (Å²) in [6, 6.07) is 18.5. The Morgan fingerprint density at radius 1 is 1.00 bits per heavy atom.